The minimum atomic E-state index is -4.44. The number of anilines is 1. The van der Waals surface area contributed by atoms with Gasteiger partial charge in [0.25, 0.3) is 5.91 Å². The monoisotopic (exact) mass is 513 g/mol. The standard InChI is InChI=1S/C25H26F3N7O2/c1-2-19(36)33-7-6-24(14-33)9-18(10-24)35-22(29)20(23(30)37)21(32-35)16-11-31-34(13-16)12-15-4-3-5-17(8-15)25(26,27)28/h2-5,8,11,13,18H,1,6-7,9-10,12,14,29H2,(H2,30,37). The zero-order chi connectivity index (χ0) is 26.5. The van der Waals surface area contributed by atoms with Gasteiger partial charge in [-0.15, -0.1) is 0 Å². The van der Waals surface area contributed by atoms with Crippen LogP contribution in [0.3, 0.4) is 0 Å². The van der Waals surface area contributed by atoms with Crippen molar-refractivity contribution in [2.75, 3.05) is 18.8 Å². The van der Waals surface area contributed by atoms with Crippen molar-refractivity contribution in [3.8, 4) is 11.3 Å². The van der Waals surface area contributed by atoms with Crippen LogP contribution in [0.2, 0.25) is 0 Å². The van der Waals surface area contributed by atoms with Crippen LogP contribution in [0.1, 0.15) is 46.8 Å². The first-order valence-corrected chi connectivity index (χ1v) is 11.8. The van der Waals surface area contributed by atoms with Crippen molar-refractivity contribution >= 4 is 17.6 Å². The molecule has 0 radical (unpaired) electrons. The van der Waals surface area contributed by atoms with Crippen LogP contribution < -0.4 is 11.5 Å². The van der Waals surface area contributed by atoms with E-state index >= 15 is 0 Å². The van der Waals surface area contributed by atoms with E-state index in [9.17, 15) is 22.8 Å². The first-order chi connectivity index (χ1) is 17.5. The highest BCUT2D eigenvalue weighted by Crippen LogP contribution is 2.54. The summed E-state index contributed by atoms with van der Waals surface area (Å²) in [6, 6.07) is 4.96. The van der Waals surface area contributed by atoms with Crippen molar-refractivity contribution < 1.29 is 22.8 Å². The largest absolute Gasteiger partial charge is 0.416 e. The summed E-state index contributed by atoms with van der Waals surface area (Å²) < 4.78 is 42.2. The average molecular weight is 514 g/mol. The Morgan fingerprint density at radius 1 is 1.27 bits per heavy atom. The van der Waals surface area contributed by atoms with Gasteiger partial charge in [0.05, 0.1) is 24.3 Å². The van der Waals surface area contributed by atoms with Crippen molar-refractivity contribution in [1.29, 1.82) is 0 Å². The topological polar surface area (TPSA) is 125 Å². The number of halogens is 3. The molecule has 2 amide bonds. The number of nitrogens with two attached hydrogens (primary N) is 2. The molecule has 1 aliphatic carbocycles. The van der Waals surface area contributed by atoms with E-state index in [-0.39, 0.29) is 41.0 Å². The Kier molecular flexibility index (Phi) is 5.84. The van der Waals surface area contributed by atoms with Gasteiger partial charge in [0.2, 0.25) is 5.91 Å². The molecule has 3 heterocycles. The van der Waals surface area contributed by atoms with Crippen molar-refractivity contribution in [1.82, 2.24) is 24.5 Å². The number of nitrogen functional groups attached to an aromatic ring is 1. The Hall–Kier alpha value is -4.09. The summed E-state index contributed by atoms with van der Waals surface area (Å²) in [5, 5.41) is 8.84. The molecule has 37 heavy (non-hydrogen) atoms. The fourth-order valence-corrected chi connectivity index (χ4v) is 5.47. The molecule has 2 fully saturated rings. The summed E-state index contributed by atoms with van der Waals surface area (Å²) in [5.74, 6) is -0.661. The molecule has 0 atom stereocenters. The van der Waals surface area contributed by atoms with Crippen LogP contribution in [-0.4, -0.2) is 49.4 Å². The number of hydrogen-bond donors (Lipinski definition) is 2. The summed E-state index contributed by atoms with van der Waals surface area (Å²) >= 11 is 0. The van der Waals surface area contributed by atoms with E-state index in [0.29, 0.717) is 24.2 Å². The highest BCUT2D eigenvalue weighted by molar-refractivity contribution is 6.03. The van der Waals surface area contributed by atoms with Gasteiger partial charge in [-0.25, -0.2) is 4.68 Å². The second-order valence-corrected chi connectivity index (χ2v) is 9.82. The highest BCUT2D eigenvalue weighted by atomic mass is 19.4. The fourth-order valence-electron chi connectivity index (χ4n) is 5.47. The number of benzene rings is 1. The number of alkyl halides is 3. The van der Waals surface area contributed by atoms with E-state index < -0.39 is 17.6 Å². The van der Waals surface area contributed by atoms with Crippen LogP contribution in [0, 0.1) is 5.41 Å². The Morgan fingerprint density at radius 3 is 2.70 bits per heavy atom. The molecule has 9 nitrogen and oxygen atoms in total. The molecular formula is C25H26F3N7O2. The number of carbonyl (C=O) groups is 2. The van der Waals surface area contributed by atoms with Gasteiger partial charge in [0.15, 0.2) is 0 Å². The Bertz CT molecular complexity index is 1390. The number of nitrogens with zero attached hydrogens (tertiary/aromatic N) is 5. The van der Waals surface area contributed by atoms with E-state index in [2.05, 4.69) is 16.8 Å². The molecule has 2 aromatic heterocycles. The molecule has 1 aliphatic heterocycles. The molecule has 0 unspecified atom stereocenters. The predicted molar refractivity (Wildman–Crippen MR) is 129 cm³/mol. The molecule has 1 saturated heterocycles. The Morgan fingerprint density at radius 2 is 2.03 bits per heavy atom. The van der Waals surface area contributed by atoms with Crippen LogP contribution in [0.4, 0.5) is 19.0 Å². The molecule has 3 aromatic rings. The number of carbonyl (C=O) groups excluding carboxylic acids is 2. The molecule has 1 spiro atoms. The van der Waals surface area contributed by atoms with Crippen LogP contribution in [0.5, 0.6) is 0 Å². The van der Waals surface area contributed by atoms with Gasteiger partial charge in [-0.05, 0) is 48.4 Å². The molecule has 194 valence electrons. The van der Waals surface area contributed by atoms with Gasteiger partial charge in [-0.2, -0.15) is 23.4 Å². The fraction of sp³-hybridized carbons (Fsp3) is 0.360. The number of amides is 2. The third-order valence-corrected chi connectivity index (χ3v) is 7.31. The molecule has 4 N–H and O–H groups in total. The third kappa shape index (κ3) is 4.47. The third-order valence-electron chi connectivity index (χ3n) is 7.31. The Labute approximate surface area is 210 Å². The molecule has 5 rings (SSSR count). The van der Waals surface area contributed by atoms with Crippen molar-refractivity contribution in [3.63, 3.8) is 0 Å². The number of hydrogen-bond acceptors (Lipinski definition) is 5. The normalized spacial score (nSPS) is 21.3. The lowest BCUT2D eigenvalue weighted by Gasteiger charge is -2.45. The van der Waals surface area contributed by atoms with Crippen molar-refractivity contribution in [2.24, 2.45) is 11.1 Å². The van der Waals surface area contributed by atoms with Crippen LogP contribution in [0.15, 0.2) is 49.3 Å². The van der Waals surface area contributed by atoms with Gasteiger partial charge >= 0.3 is 6.18 Å². The number of primary amides is 1. The number of likely N-dealkylation sites (tertiary alicyclic amines) is 1. The quantitative estimate of drug-likeness (QED) is 0.490. The summed E-state index contributed by atoms with van der Waals surface area (Å²) in [5.41, 5.74) is 12.5. The van der Waals surface area contributed by atoms with E-state index in [1.807, 2.05) is 0 Å². The lowest BCUT2D eigenvalue weighted by Crippen LogP contribution is -2.42. The maximum Gasteiger partial charge on any atom is 0.416 e. The van der Waals surface area contributed by atoms with E-state index in [0.717, 1.165) is 31.4 Å². The molecule has 1 saturated carbocycles. The predicted octanol–water partition coefficient (Wildman–Crippen LogP) is 3.23. The minimum Gasteiger partial charge on any atom is -0.383 e. The van der Waals surface area contributed by atoms with E-state index in [1.165, 1.54) is 23.0 Å². The van der Waals surface area contributed by atoms with Gasteiger partial charge in [-0.1, -0.05) is 18.7 Å². The Balaban J connectivity index is 1.36. The lowest BCUT2D eigenvalue weighted by molar-refractivity contribution is -0.137. The average Bonchev–Trinajstić information content (AvgIpc) is 3.54. The maximum atomic E-state index is 13.0. The molecule has 2 aliphatic rings. The first-order valence-electron chi connectivity index (χ1n) is 11.8. The van der Waals surface area contributed by atoms with Gasteiger partial charge < -0.3 is 16.4 Å². The van der Waals surface area contributed by atoms with Crippen LogP contribution >= 0.6 is 0 Å². The molecule has 12 heteroatoms. The number of aromatic nitrogens is 4. The summed E-state index contributed by atoms with van der Waals surface area (Å²) in [7, 11) is 0. The summed E-state index contributed by atoms with van der Waals surface area (Å²) in [6.07, 6.45) is 2.34. The van der Waals surface area contributed by atoms with Gasteiger partial charge in [0, 0.05) is 24.8 Å². The molecule has 0 bridgehead atoms. The van der Waals surface area contributed by atoms with E-state index in [1.54, 1.807) is 21.8 Å². The zero-order valence-electron chi connectivity index (χ0n) is 19.9. The minimum absolute atomic E-state index is 0.00931. The molecule has 1 aromatic carbocycles. The van der Waals surface area contributed by atoms with E-state index in [4.69, 9.17) is 11.5 Å². The smallest absolute Gasteiger partial charge is 0.383 e. The van der Waals surface area contributed by atoms with Gasteiger partial charge in [0.1, 0.15) is 17.1 Å². The second-order valence-electron chi connectivity index (χ2n) is 9.82. The zero-order valence-corrected chi connectivity index (χ0v) is 19.9. The maximum absolute atomic E-state index is 13.0. The second kappa shape index (κ2) is 8.79. The summed E-state index contributed by atoms with van der Waals surface area (Å²) in [4.78, 5) is 26.0. The van der Waals surface area contributed by atoms with Gasteiger partial charge in [-0.3, -0.25) is 14.3 Å². The summed E-state index contributed by atoms with van der Waals surface area (Å²) in [6.45, 7) is 4.97. The first kappa shape index (κ1) is 24.6. The van der Waals surface area contributed by atoms with Crippen molar-refractivity contribution in [3.05, 3.63) is 66.0 Å². The highest BCUT2D eigenvalue weighted by Gasteiger charge is 2.50. The number of rotatable bonds is 6. The van der Waals surface area contributed by atoms with Crippen LogP contribution in [-0.2, 0) is 17.5 Å². The van der Waals surface area contributed by atoms with Crippen LogP contribution in [0.25, 0.3) is 11.3 Å². The lowest BCUT2D eigenvalue weighted by atomic mass is 9.65. The van der Waals surface area contributed by atoms with Crippen molar-refractivity contribution in [2.45, 2.75) is 38.0 Å². The molecular weight excluding hydrogens is 487 g/mol. The SMILES string of the molecule is C=CC(=O)N1CCC2(CC(n3nc(-c4cnn(Cc5cccc(C(F)(F)F)c5)c4)c(C(N)=O)c3N)C2)C1.